The Morgan fingerprint density at radius 2 is 1.04 bits per heavy atom. The molecular formula is C20H14N2O2. The van der Waals surface area contributed by atoms with Gasteiger partial charge in [-0.25, -0.2) is 9.98 Å². The zero-order chi connectivity index (χ0) is 16.3. The molecule has 0 aromatic heterocycles. The highest BCUT2D eigenvalue weighted by Gasteiger charge is 2.30. The molecule has 4 heteroatoms. The third-order valence-corrected chi connectivity index (χ3v) is 4.58. The molecule has 0 fully saturated rings. The van der Waals surface area contributed by atoms with E-state index < -0.39 is 0 Å². The Morgan fingerprint density at radius 3 is 1.46 bits per heavy atom. The van der Waals surface area contributed by atoms with E-state index in [0.29, 0.717) is 0 Å². The first kappa shape index (κ1) is 13.3. The van der Waals surface area contributed by atoms with Crippen molar-refractivity contribution in [3.63, 3.8) is 0 Å². The van der Waals surface area contributed by atoms with Crippen molar-refractivity contribution in [1.29, 1.82) is 0 Å². The standard InChI is InChI=1S/C20H14N2O2/c1-23-19-15-11-7-3-5-9-13(11)22-18(15)20(24-2)16-12-8-4-6-10-14(12)21-17(16)19/h3-10H,1-2H3. The molecular weight excluding hydrogens is 300 g/mol. The van der Waals surface area contributed by atoms with Crippen molar-refractivity contribution in [1.82, 2.24) is 0 Å². The van der Waals surface area contributed by atoms with Gasteiger partial charge in [-0.3, -0.25) is 0 Å². The SMILES string of the molecule is COc1c2c(c(OC)c3c1=Nc1ccccc1-3)=Nc1ccccc1-2. The molecule has 3 aromatic carbocycles. The van der Waals surface area contributed by atoms with Gasteiger partial charge in [-0.05, 0) is 12.1 Å². The van der Waals surface area contributed by atoms with Crippen LogP contribution in [0.2, 0.25) is 0 Å². The average molecular weight is 314 g/mol. The van der Waals surface area contributed by atoms with Gasteiger partial charge in [0.2, 0.25) is 0 Å². The molecule has 2 heterocycles. The van der Waals surface area contributed by atoms with Crippen LogP contribution >= 0.6 is 0 Å². The van der Waals surface area contributed by atoms with Gasteiger partial charge in [-0.15, -0.1) is 0 Å². The zero-order valence-corrected chi connectivity index (χ0v) is 13.3. The summed E-state index contributed by atoms with van der Waals surface area (Å²) in [5.41, 5.74) is 5.89. The molecule has 2 aliphatic heterocycles. The number of rotatable bonds is 2. The number of nitrogens with zero attached hydrogens (tertiary/aromatic N) is 2. The third-order valence-electron chi connectivity index (χ3n) is 4.58. The minimum atomic E-state index is 0.755. The summed E-state index contributed by atoms with van der Waals surface area (Å²) in [5, 5.41) is 1.64. The summed E-state index contributed by atoms with van der Waals surface area (Å²) in [6.07, 6.45) is 0. The molecule has 0 saturated heterocycles. The van der Waals surface area contributed by atoms with Crippen molar-refractivity contribution in [2.24, 2.45) is 9.98 Å². The molecule has 0 spiro atoms. The first-order valence-corrected chi connectivity index (χ1v) is 7.77. The largest absolute Gasteiger partial charge is 0.494 e. The van der Waals surface area contributed by atoms with Gasteiger partial charge in [0.1, 0.15) is 10.7 Å². The summed E-state index contributed by atoms with van der Waals surface area (Å²) in [6, 6.07) is 16.1. The number of para-hydroxylation sites is 2. The number of methoxy groups -OCH3 is 2. The number of ether oxygens (including phenoxy) is 2. The van der Waals surface area contributed by atoms with Crippen LogP contribution in [-0.4, -0.2) is 14.2 Å². The lowest BCUT2D eigenvalue weighted by Crippen LogP contribution is -2.19. The van der Waals surface area contributed by atoms with Crippen LogP contribution in [0.1, 0.15) is 0 Å². The minimum absolute atomic E-state index is 0.755. The Hall–Kier alpha value is -3.14. The Kier molecular flexibility index (Phi) is 2.59. The third kappa shape index (κ3) is 1.52. The van der Waals surface area contributed by atoms with Crippen LogP contribution in [0.3, 0.4) is 0 Å². The predicted molar refractivity (Wildman–Crippen MR) is 92.1 cm³/mol. The molecule has 0 unspecified atom stereocenters. The van der Waals surface area contributed by atoms with Crippen molar-refractivity contribution in [3.05, 3.63) is 59.2 Å². The summed E-state index contributed by atoms with van der Waals surface area (Å²) in [5.74, 6) is 1.51. The molecule has 0 bridgehead atoms. The molecule has 0 saturated carbocycles. The van der Waals surface area contributed by atoms with Crippen LogP contribution in [0, 0.1) is 0 Å². The molecule has 0 N–H and O–H groups in total. The zero-order valence-electron chi connectivity index (χ0n) is 13.3. The normalized spacial score (nSPS) is 12.4. The van der Waals surface area contributed by atoms with Gasteiger partial charge in [0.15, 0.2) is 11.5 Å². The summed E-state index contributed by atoms with van der Waals surface area (Å²) >= 11 is 0. The van der Waals surface area contributed by atoms with E-state index in [2.05, 4.69) is 12.1 Å². The number of benzene rings is 3. The Balaban J connectivity index is 2.00. The van der Waals surface area contributed by atoms with E-state index in [9.17, 15) is 0 Å². The van der Waals surface area contributed by atoms with Crippen molar-refractivity contribution < 1.29 is 9.47 Å². The van der Waals surface area contributed by atoms with Gasteiger partial charge in [-0.1, -0.05) is 36.4 Å². The highest BCUT2D eigenvalue weighted by Crippen LogP contribution is 2.44. The number of hydrogen-bond acceptors (Lipinski definition) is 4. The molecule has 0 radical (unpaired) electrons. The second kappa shape index (κ2) is 4.68. The predicted octanol–water partition coefficient (Wildman–Crippen LogP) is 3.57. The van der Waals surface area contributed by atoms with Gasteiger partial charge in [0.05, 0.1) is 36.7 Å². The number of fused-ring (bicyclic) bond motifs is 6. The fourth-order valence-electron chi connectivity index (χ4n) is 3.60. The second-order valence-electron chi connectivity index (χ2n) is 5.77. The average Bonchev–Trinajstić information content (AvgIpc) is 3.18. The molecule has 5 rings (SSSR count). The Morgan fingerprint density at radius 1 is 0.625 bits per heavy atom. The van der Waals surface area contributed by atoms with E-state index in [-0.39, 0.29) is 0 Å². The van der Waals surface area contributed by atoms with Gasteiger partial charge < -0.3 is 9.47 Å². The molecule has 24 heavy (non-hydrogen) atoms. The van der Waals surface area contributed by atoms with E-state index in [1.807, 2.05) is 36.4 Å². The maximum absolute atomic E-state index is 5.78. The lowest BCUT2D eigenvalue weighted by Gasteiger charge is -2.12. The fraction of sp³-hybridized carbons (Fsp3) is 0.100. The fourth-order valence-corrected chi connectivity index (χ4v) is 3.60. The van der Waals surface area contributed by atoms with Crippen LogP contribution in [-0.2, 0) is 0 Å². The molecule has 0 amide bonds. The van der Waals surface area contributed by atoms with Crippen molar-refractivity contribution >= 4 is 11.4 Å². The van der Waals surface area contributed by atoms with Gasteiger partial charge in [-0.2, -0.15) is 0 Å². The van der Waals surface area contributed by atoms with Crippen LogP contribution < -0.4 is 20.2 Å². The molecule has 2 aliphatic rings. The molecule has 3 aromatic rings. The van der Waals surface area contributed by atoms with Crippen LogP contribution in [0.5, 0.6) is 11.5 Å². The lowest BCUT2D eigenvalue weighted by molar-refractivity contribution is 0.399. The summed E-state index contributed by atoms with van der Waals surface area (Å²) in [7, 11) is 3.36. The summed E-state index contributed by atoms with van der Waals surface area (Å²) < 4.78 is 11.6. The first-order valence-electron chi connectivity index (χ1n) is 7.77. The van der Waals surface area contributed by atoms with E-state index in [1.54, 1.807) is 14.2 Å². The summed E-state index contributed by atoms with van der Waals surface area (Å²) in [6.45, 7) is 0. The quantitative estimate of drug-likeness (QED) is 0.500. The van der Waals surface area contributed by atoms with Crippen LogP contribution in [0.15, 0.2) is 58.5 Å². The monoisotopic (exact) mass is 314 g/mol. The van der Waals surface area contributed by atoms with E-state index >= 15 is 0 Å². The van der Waals surface area contributed by atoms with E-state index in [0.717, 1.165) is 55.8 Å². The maximum atomic E-state index is 5.78. The van der Waals surface area contributed by atoms with E-state index in [1.165, 1.54) is 0 Å². The highest BCUT2D eigenvalue weighted by molar-refractivity contribution is 5.91. The first-order chi connectivity index (χ1) is 11.8. The van der Waals surface area contributed by atoms with Crippen LogP contribution in [0.25, 0.3) is 22.3 Å². The highest BCUT2D eigenvalue weighted by atomic mass is 16.5. The maximum Gasteiger partial charge on any atom is 0.155 e. The lowest BCUT2D eigenvalue weighted by atomic mass is 9.98. The van der Waals surface area contributed by atoms with Crippen LogP contribution in [0.4, 0.5) is 11.4 Å². The second-order valence-corrected chi connectivity index (χ2v) is 5.77. The van der Waals surface area contributed by atoms with Crippen molar-refractivity contribution in [3.8, 4) is 33.8 Å². The number of hydrogen-bond donors (Lipinski definition) is 0. The minimum Gasteiger partial charge on any atom is -0.494 e. The summed E-state index contributed by atoms with van der Waals surface area (Å²) in [4.78, 5) is 9.60. The van der Waals surface area contributed by atoms with Crippen molar-refractivity contribution in [2.75, 3.05) is 14.2 Å². The van der Waals surface area contributed by atoms with Gasteiger partial charge in [0.25, 0.3) is 0 Å². The smallest absolute Gasteiger partial charge is 0.155 e. The van der Waals surface area contributed by atoms with Gasteiger partial charge >= 0.3 is 0 Å². The molecule has 0 atom stereocenters. The molecule has 4 nitrogen and oxygen atoms in total. The van der Waals surface area contributed by atoms with Gasteiger partial charge in [0, 0.05) is 11.1 Å². The topological polar surface area (TPSA) is 43.2 Å². The van der Waals surface area contributed by atoms with E-state index in [4.69, 9.17) is 19.5 Å². The Labute approximate surface area is 138 Å². The molecule has 0 aliphatic carbocycles. The Bertz CT molecular complexity index is 1040. The van der Waals surface area contributed by atoms with Crippen molar-refractivity contribution in [2.45, 2.75) is 0 Å². The molecule has 116 valence electrons.